The van der Waals surface area contributed by atoms with Crippen LogP contribution in [0.4, 0.5) is 0 Å². The van der Waals surface area contributed by atoms with Crippen LogP contribution in [0.15, 0.2) is 24.3 Å². The molecule has 1 N–H and O–H groups in total. The SMILES string of the molecule is CCOC(=O)C1CCN(CCC(=O)/C=C/c2ccc(OC)c(O)c2)CC1. The van der Waals surface area contributed by atoms with E-state index in [9.17, 15) is 14.7 Å². The molecule has 1 aromatic carbocycles. The number of carbonyl (C=O) groups excluding carboxylic acids is 2. The molecule has 142 valence electrons. The van der Waals surface area contributed by atoms with E-state index >= 15 is 0 Å². The second kappa shape index (κ2) is 9.97. The fourth-order valence-corrected chi connectivity index (χ4v) is 3.00. The molecule has 1 aromatic rings. The van der Waals surface area contributed by atoms with Crippen molar-refractivity contribution in [2.24, 2.45) is 5.92 Å². The van der Waals surface area contributed by atoms with Gasteiger partial charge >= 0.3 is 5.97 Å². The highest BCUT2D eigenvalue weighted by Gasteiger charge is 2.25. The number of esters is 1. The quantitative estimate of drug-likeness (QED) is 0.567. The molecule has 1 fully saturated rings. The van der Waals surface area contributed by atoms with E-state index in [0.717, 1.165) is 31.5 Å². The second-order valence-corrected chi connectivity index (χ2v) is 6.35. The van der Waals surface area contributed by atoms with E-state index in [4.69, 9.17) is 9.47 Å². The lowest BCUT2D eigenvalue weighted by Gasteiger charge is -2.30. The van der Waals surface area contributed by atoms with Gasteiger partial charge in [-0.25, -0.2) is 0 Å². The van der Waals surface area contributed by atoms with Gasteiger partial charge < -0.3 is 19.5 Å². The number of ketones is 1. The highest BCUT2D eigenvalue weighted by Crippen LogP contribution is 2.26. The first kappa shape index (κ1) is 20.0. The minimum Gasteiger partial charge on any atom is -0.504 e. The minimum absolute atomic E-state index is 0.00968. The van der Waals surface area contributed by atoms with Crippen molar-refractivity contribution in [2.45, 2.75) is 26.2 Å². The molecule has 0 amide bonds. The zero-order valence-electron chi connectivity index (χ0n) is 15.4. The van der Waals surface area contributed by atoms with Gasteiger partial charge in [0.25, 0.3) is 0 Å². The van der Waals surface area contributed by atoms with Gasteiger partial charge in [-0.1, -0.05) is 12.1 Å². The van der Waals surface area contributed by atoms with Crippen molar-refractivity contribution in [3.63, 3.8) is 0 Å². The van der Waals surface area contributed by atoms with Gasteiger partial charge in [-0.15, -0.1) is 0 Å². The molecule has 0 saturated carbocycles. The Morgan fingerprint density at radius 3 is 2.65 bits per heavy atom. The van der Waals surface area contributed by atoms with E-state index in [0.29, 0.717) is 25.3 Å². The molecule has 0 unspecified atom stereocenters. The van der Waals surface area contributed by atoms with Crippen LogP contribution in [0.2, 0.25) is 0 Å². The van der Waals surface area contributed by atoms with Gasteiger partial charge in [0.2, 0.25) is 0 Å². The number of likely N-dealkylation sites (tertiary alicyclic amines) is 1. The zero-order chi connectivity index (χ0) is 18.9. The summed E-state index contributed by atoms with van der Waals surface area (Å²) in [7, 11) is 1.49. The second-order valence-electron chi connectivity index (χ2n) is 6.35. The first-order chi connectivity index (χ1) is 12.5. The Labute approximate surface area is 154 Å². The summed E-state index contributed by atoms with van der Waals surface area (Å²) in [4.78, 5) is 26.0. The number of methoxy groups -OCH3 is 1. The van der Waals surface area contributed by atoms with Crippen LogP contribution in [0.5, 0.6) is 11.5 Å². The number of aromatic hydroxyl groups is 1. The smallest absolute Gasteiger partial charge is 0.309 e. The first-order valence-corrected chi connectivity index (χ1v) is 9.00. The topological polar surface area (TPSA) is 76.1 Å². The number of hydrogen-bond donors (Lipinski definition) is 1. The summed E-state index contributed by atoms with van der Waals surface area (Å²) in [6, 6.07) is 5.00. The van der Waals surface area contributed by atoms with Gasteiger partial charge in [0.1, 0.15) is 0 Å². The van der Waals surface area contributed by atoms with Crippen LogP contribution >= 0.6 is 0 Å². The molecule has 6 nitrogen and oxygen atoms in total. The maximum absolute atomic E-state index is 12.1. The third-order valence-electron chi connectivity index (χ3n) is 4.55. The van der Waals surface area contributed by atoms with E-state index in [2.05, 4.69) is 4.90 Å². The molecule has 0 spiro atoms. The van der Waals surface area contributed by atoms with Crippen LogP contribution in [-0.2, 0) is 14.3 Å². The van der Waals surface area contributed by atoms with Gasteiger partial charge in [-0.2, -0.15) is 0 Å². The number of rotatable bonds is 8. The van der Waals surface area contributed by atoms with E-state index < -0.39 is 0 Å². The molecule has 1 heterocycles. The molecule has 1 aliphatic rings. The van der Waals surface area contributed by atoms with Crippen LogP contribution in [0.1, 0.15) is 31.7 Å². The number of phenols is 1. The van der Waals surface area contributed by atoms with Gasteiger partial charge in [0.05, 0.1) is 19.6 Å². The maximum Gasteiger partial charge on any atom is 0.309 e. The van der Waals surface area contributed by atoms with Gasteiger partial charge in [-0.05, 0) is 56.6 Å². The predicted molar refractivity (Wildman–Crippen MR) is 99.1 cm³/mol. The summed E-state index contributed by atoms with van der Waals surface area (Å²) in [6.07, 6.45) is 5.23. The largest absolute Gasteiger partial charge is 0.504 e. The number of piperidine rings is 1. The monoisotopic (exact) mass is 361 g/mol. The van der Waals surface area contributed by atoms with Crippen LogP contribution < -0.4 is 4.74 Å². The minimum atomic E-state index is -0.103. The highest BCUT2D eigenvalue weighted by molar-refractivity contribution is 5.93. The van der Waals surface area contributed by atoms with Crippen LogP contribution in [0.25, 0.3) is 6.08 Å². The van der Waals surface area contributed by atoms with Crippen molar-refractivity contribution >= 4 is 17.8 Å². The number of benzene rings is 1. The Bertz CT molecular complexity index is 648. The molecule has 0 atom stereocenters. The van der Waals surface area contributed by atoms with Crippen molar-refractivity contribution in [1.29, 1.82) is 0 Å². The normalized spacial score (nSPS) is 15.9. The molecular formula is C20H27NO5. The van der Waals surface area contributed by atoms with Crippen molar-refractivity contribution in [3.8, 4) is 11.5 Å². The van der Waals surface area contributed by atoms with Crippen molar-refractivity contribution < 1.29 is 24.2 Å². The van der Waals surface area contributed by atoms with Gasteiger partial charge in [-0.3, -0.25) is 9.59 Å². The summed E-state index contributed by atoms with van der Waals surface area (Å²) in [5.74, 6) is 0.373. The average molecular weight is 361 g/mol. The van der Waals surface area contributed by atoms with E-state index in [1.54, 1.807) is 24.3 Å². The van der Waals surface area contributed by atoms with E-state index in [-0.39, 0.29) is 23.4 Å². The molecule has 0 radical (unpaired) electrons. The van der Waals surface area contributed by atoms with Gasteiger partial charge in [0, 0.05) is 13.0 Å². The summed E-state index contributed by atoms with van der Waals surface area (Å²) < 4.78 is 10.1. The molecule has 0 aliphatic carbocycles. The van der Waals surface area contributed by atoms with Crippen LogP contribution in [0.3, 0.4) is 0 Å². The Hall–Kier alpha value is -2.34. The summed E-state index contributed by atoms with van der Waals surface area (Å²) in [5.41, 5.74) is 0.743. The van der Waals surface area contributed by atoms with E-state index in [1.807, 2.05) is 6.92 Å². The molecule has 2 rings (SSSR count). The molecule has 1 aliphatic heterocycles. The lowest BCUT2D eigenvalue weighted by molar-refractivity contribution is -0.149. The molecule has 0 aromatic heterocycles. The Morgan fingerprint density at radius 2 is 2.04 bits per heavy atom. The Morgan fingerprint density at radius 1 is 1.31 bits per heavy atom. The summed E-state index contributed by atoms with van der Waals surface area (Å²) in [6.45, 7) is 4.55. The number of phenolic OH excluding ortho intramolecular Hbond substituents is 1. The standard InChI is InChI=1S/C20H27NO5/c1-3-26-20(24)16-8-11-21(12-9-16)13-10-17(22)6-4-15-5-7-19(25-2)18(23)14-15/h4-7,14,16,23H,3,8-13H2,1-2H3/b6-4+. The fourth-order valence-electron chi connectivity index (χ4n) is 3.00. The van der Waals surface area contributed by atoms with Crippen molar-refractivity contribution in [3.05, 3.63) is 29.8 Å². The lowest BCUT2D eigenvalue weighted by Crippen LogP contribution is -2.37. The maximum atomic E-state index is 12.1. The summed E-state index contributed by atoms with van der Waals surface area (Å²) >= 11 is 0. The Balaban J connectivity index is 1.74. The Kier molecular flexibility index (Phi) is 7.66. The third kappa shape index (κ3) is 5.88. The first-order valence-electron chi connectivity index (χ1n) is 9.00. The number of hydrogen-bond acceptors (Lipinski definition) is 6. The van der Waals surface area contributed by atoms with E-state index in [1.165, 1.54) is 13.2 Å². The zero-order valence-corrected chi connectivity index (χ0v) is 15.4. The number of ether oxygens (including phenoxy) is 2. The number of carbonyl (C=O) groups is 2. The molecule has 6 heteroatoms. The predicted octanol–water partition coefficient (Wildman–Crippen LogP) is 2.65. The third-order valence-corrected chi connectivity index (χ3v) is 4.55. The molecule has 1 saturated heterocycles. The van der Waals surface area contributed by atoms with Crippen LogP contribution in [0, 0.1) is 5.92 Å². The lowest BCUT2D eigenvalue weighted by atomic mass is 9.97. The fraction of sp³-hybridized carbons (Fsp3) is 0.500. The average Bonchev–Trinajstić information content (AvgIpc) is 2.65. The molecular weight excluding hydrogens is 334 g/mol. The number of allylic oxidation sites excluding steroid dienone is 1. The molecule has 0 bridgehead atoms. The number of nitrogens with zero attached hydrogens (tertiary/aromatic N) is 1. The van der Waals surface area contributed by atoms with Crippen molar-refractivity contribution in [1.82, 2.24) is 4.90 Å². The molecule has 26 heavy (non-hydrogen) atoms. The van der Waals surface area contributed by atoms with Crippen molar-refractivity contribution in [2.75, 3.05) is 33.4 Å². The van der Waals surface area contributed by atoms with Crippen LogP contribution in [-0.4, -0.2) is 55.1 Å². The summed E-state index contributed by atoms with van der Waals surface area (Å²) in [5, 5.41) is 9.74. The van der Waals surface area contributed by atoms with Gasteiger partial charge in [0.15, 0.2) is 17.3 Å². The highest BCUT2D eigenvalue weighted by atomic mass is 16.5.